The van der Waals surface area contributed by atoms with Gasteiger partial charge in [-0.15, -0.1) is 0 Å². The molecule has 0 bridgehead atoms. The van der Waals surface area contributed by atoms with E-state index in [0.717, 1.165) is 17.7 Å². The van der Waals surface area contributed by atoms with Crippen LogP contribution in [0.2, 0.25) is 5.02 Å². The summed E-state index contributed by atoms with van der Waals surface area (Å²) in [5.74, 6) is 6.11. The van der Waals surface area contributed by atoms with Gasteiger partial charge in [-0.25, -0.2) is 4.39 Å². The van der Waals surface area contributed by atoms with Crippen LogP contribution in [0.4, 0.5) is 4.39 Å². The van der Waals surface area contributed by atoms with E-state index in [9.17, 15) is 4.39 Å². The molecule has 2 aromatic carbocycles. The third-order valence-electron chi connectivity index (χ3n) is 3.81. The molecular formula is C16H16ClFN2O. The van der Waals surface area contributed by atoms with Crippen LogP contribution >= 0.6 is 11.6 Å². The number of hydrogen-bond acceptors (Lipinski definition) is 3. The van der Waals surface area contributed by atoms with Crippen molar-refractivity contribution >= 4 is 11.6 Å². The monoisotopic (exact) mass is 306 g/mol. The molecule has 0 spiro atoms. The van der Waals surface area contributed by atoms with Crippen molar-refractivity contribution < 1.29 is 9.13 Å². The highest BCUT2D eigenvalue weighted by Crippen LogP contribution is 2.30. The number of hydrazine groups is 1. The molecule has 110 valence electrons. The third kappa shape index (κ3) is 2.88. The zero-order valence-electron chi connectivity index (χ0n) is 11.4. The normalized spacial score (nSPS) is 18.1. The van der Waals surface area contributed by atoms with E-state index >= 15 is 0 Å². The van der Waals surface area contributed by atoms with Crippen LogP contribution in [-0.2, 0) is 12.8 Å². The van der Waals surface area contributed by atoms with Gasteiger partial charge >= 0.3 is 0 Å². The van der Waals surface area contributed by atoms with E-state index in [2.05, 4.69) is 5.43 Å². The lowest BCUT2D eigenvalue weighted by molar-refractivity contribution is 0.177. The van der Waals surface area contributed by atoms with Gasteiger partial charge in [0, 0.05) is 6.42 Å². The zero-order valence-corrected chi connectivity index (χ0v) is 12.1. The van der Waals surface area contributed by atoms with Gasteiger partial charge in [0.05, 0.1) is 11.1 Å². The molecule has 2 unspecified atom stereocenters. The van der Waals surface area contributed by atoms with Crippen LogP contribution < -0.4 is 16.0 Å². The van der Waals surface area contributed by atoms with Gasteiger partial charge in [-0.1, -0.05) is 41.9 Å². The maximum atomic E-state index is 14.0. The van der Waals surface area contributed by atoms with Crippen molar-refractivity contribution in [3.8, 4) is 5.75 Å². The molecule has 3 nitrogen and oxygen atoms in total. The van der Waals surface area contributed by atoms with E-state index in [1.54, 1.807) is 12.1 Å². The molecule has 0 fully saturated rings. The second-order valence-electron chi connectivity index (χ2n) is 5.16. The molecular weight excluding hydrogens is 291 g/mol. The lowest BCUT2D eigenvalue weighted by atomic mass is 9.98. The third-order valence-corrected chi connectivity index (χ3v) is 4.10. The minimum absolute atomic E-state index is 0.120. The second kappa shape index (κ2) is 6.02. The van der Waals surface area contributed by atoms with Crippen molar-refractivity contribution in [3.05, 3.63) is 64.4 Å². The van der Waals surface area contributed by atoms with Crippen LogP contribution in [0.25, 0.3) is 0 Å². The van der Waals surface area contributed by atoms with E-state index < -0.39 is 5.82 Å². The standard InChI is InChI=1S/C16H16ClFN2O/c17-12-6-3-5-11(16(12)18)8-13(20-19)15-9-10-4-1-2-7-14(10)21-15/h1-7,13,15,20H,8-9,19H2. The van der Waals surface area contributed by atoms with Gasteiger partial charge in [-0.05, 0) is 29.7 Å². The van der Waals surface area contributed by atoms with Gasteiger partial charge in [0.15, 0.2) is 0 Å². The number of fused-ring (bicyclic) bond motifs is 1. The first-order valence-corrected chi connectivity index (χ1v) is 7.20. The first-order chi connectivity index (χ1) is 10.2. The Morgan fingerprint density at radius 1 is 1.29 bits per heavy atom. The molecule has 0 radical (unpaired) electrons. The second-order valence-corrected chi connectivity index (χ2v) is 5.57. The minimum Gasteiger partial charge on any atom is -0.488 e. The predicted octanol–water partition coefficient (Wildman–Crippen LogP) is 2.86. The molecule has 1 heterocycles. The summed E-state index contributed by atoms with van der Waals surface area (Å²) in [4.78, 5) is 0. The molecule has 21 heavy (non-hydrogen) atoms. The number of nitrogens with one attached hydrogen (secondary N) is 1. The molecule has 0 saturated heterocycles. The molecule has 2 aromatic rings. The number of nitrogens with two attached hydrogens (primary N) is 1. The smallest absolute Gasteiger partial charge is 0.145 e. The lowest BCUT2D eigenvalue weighted by Crippen LogP contribution is -2.47. The minimum atomic E-state index is -0.394. The Balaban J connectivity index is 1.77. The van der Waals surface area contributed by atoms with Gasteiger partial charge in [-0.3, -0.25) is 11.3 Å². The molecule has 0 aliphatic carbocycles. The topological polar surface area (TPSA) is 47.3 Å². The van der Waals surface area contributed by atoms with E-state index in [1.165, 1.54) is 6.07 Å². The number of halogens is 2. The van der Waals surface area contributed by atoms with E-state index in [-0.39, 0.29) is 17.2 Å². The van der Waals surface area contributed by atoms with Crippen molar-refractivity contribution in [1.82, 2.24) is 5.43 Å². The van der Waals surface area contributed by atoms with E-state index in [1.807, 2.05) is 24.3 Å². The number of rotatable bonds is 4. The Labute approximate surface area is 127 Å². The average Bonchev–Trinajstić information content (AvgIpc) is 2.92. The fourth-order valence-electron chi connectivity index (χ4n) is 2.67. The predicted molar refractivity (Wildman–Crippen MR) is 80.8 cm³/mol. The summed E-state index contributed by atoms with van der Waals surface area (Å²) in [5.41, 5.74) is 4.42. The van der Waals surface area contributed by atoms with Gasteiger partial charge in [0.1, 0.15) is 17.7 Å². The maximum absolute atomic E-state index is 14.0. The number of benzene rings is 2. The number of ether oxygens (including phenoxy) is 1. The largest absolute Gasteiger partial charge is 0.488 e. The fraction of sp³-hybridized carbons (Fsp3) is 0.250. The highest BCUT2D eigenvalue weighted by Gasteiger charge is 2.30. The molecule has 0 aromatic heterocycles. The molecule has 0 amide bonds. The molecule has 0 saturated carbocycles. The average molecular weight is 307 g/mol. The van der Waals surface area contributed by atoms with Gasteiger partial charge < -0.3 is 4.74 Å². The zero-order chi connectivity index (χ0) is 14.8. The molecule has 5 heteroatoms. The Kier molecular flexibility index (Phi) is 4.10. The molecule has 3 N–H and O–H groups in total. The van der Waals surface area contributed by atoms with Crippen molar-refractivity contribution in [2.24, 2.45) is 5.84 Å². The summed E-state index contributed by atoms with van der Waals surface area (Å²) in [7, 11) is 0. The highest BCUT2D eigenvalue weighted by molar-refractivity contribution is 6.30. The number of para-hydroxylation sites is 1. The van der Waals surface area contributed by atoms with Crippen LogP contribution in [-0.4, -0.2) is 12.1 Å². The Morgan fingerprint density at radius 3 is 2.86 bits per heavy atom. The SMILES string of the molecule is NNC(Cc1cccc(Cl)c1F)C1Cc2ccccc2O1. The Hall–Kier alpha value is -1.62. The summed E-state index contributed by atoms with van der Waals surface area (Å²) in [5, 5.41) is 0.124. The van der Waals surface area contributed by atoms with Crippen molar-refractivity contribution in [3.63, 3.8) is 0 Å². The Morgan fingerprint density at radius 2 is 2.10 bits per heavy atom. The summed E-state index contributed by atoms with van der Waals surface area (Å²) >= 11 is 5.82. The van der Waals surface area contributed by atoms with Crippen molar-refractivity contribution in [2.75, 3.05) is 0 Å². The van der Waals surface area contributed by atoms with Gasteiger partial charge in [0.2, 0.25) is 0 Å². The summed E-state index contributed by atoms with van der Waals surface area (Å²) in [6, 6.07) is 12.7. The van der Waals surface area contributed by atoms with Crippen LogP contribution in [0.1, 0.15) is 11.1 Å². The first kappa shape index (κ1) is 14.3. The van der Waals surface area contributed by atoms with Crippen molar-refractivity contribution in [1.29, 1.82) is 0 Å². The molecule has 3 rings (SSSR count). The van der Waals surface area contributed by atoms with E-state index in [0.29, 0.717) is 12.0 Å². The number of hydrogen-bond donors (Lipinski definition) is 2. The fourth-order valence-corrected chi connectivity index (χ4v) is 2.87. The highest BCUT2D eigenvalue weighted by atomic mass is 35.5. The van der Waals surface area contributed by atoms with Crippen molar-refractivity contribution in [2.45, 2.75) is 25.0 Å². The van der Waals surface area contributed by atoms with Crippen LogP contribution in [0, 0.1) is 5.82 Å². The quantitative estimate of drug-likeness (QED) is 0.674. The lowest BCUT2D eigenvalue weighted by Gasteiger charge is -2.23. The molecule has 2 atom stereocenters. The van der Waals surface area contributed by atoms with Gasteiger partial charge in [0.25, 0.3) is 0 Å². The molecule has 1 aliphatic heterocycles. The van der Waals surface area contributed by atoms with Gasteiger partial charge in [-0.2, -0.15) is 0 Å². The first-order valence-electron chi connectivity index (χ1n) is 6.82. The maximum Gasteiger partial charge on any atom is 0.145 e. The van der Waals surface area contributed by atoms with Crippen LogP contribution in [0.15, 0.2) is 42.5 Å². The van der Waals surface area contributed by atoms with Crippen LogP contribution in [0.5, 0.6) is 5.75 Å². The van der Waals surface area contributed by atoms with E-state index in [4.69, 9.17) is 22.2 Å². The summed E-state index contributed by atoms with van der Waals surface area (Å²) in [6.07, 6.45) is 1.06. The molecule has 1 aliphatic rings. The Bertz CT molecular complexity index is 625. The summed E-state index contributed by atoms with van der Waals surface area (Å²) < 4.78 is 19.9. The van der Waals surface area contributed by atoms with Crippen LogP contribution in [0.3, 0.4) is 0 Å². The summed E-state index contributed by atoms with van der Waals surface area (Å²) in [6.45, 7) is 0.